The highest BCUT2D eigenvalue weighted by atomic mass is 16.6. The van der Waals surface area contributed by atoms with Crippen LogP contribution in [0.2, 0.25) is 0 Å². The average Bonchev–Trinajstić information content (AvgIpc) is 2.38. The van der Waals surface area contributed by atoms with E-state index in [1.807, 2.05) is 39.0 Å². The lowest BCUT2D eigenvalue weighted by Gasteiger charge is -2.19. The number of rotatable bonds is 6. The van der Waals surface area contributed by atoms with E-state index in [4.69, 9.17) is 10.5 Å². The Bertz CT molecular complexity index is 466. The molecule has 0 aliphatic carbocycles. The summed E-state index contributed by atoms with van der Waals surface area (Å²) < 4.78 is 5.18. The van der Waals surface area contributed by atoms with Gasteiger partial charge in [0.2, 0.25) is 0 Å². The Morgan fingerprint density at radius 1 is 1.43 bits per heavy atom. The third kappa shape index (κ3) is 8.62. The van der Waals surface area contributed by atoms with Crippen molar-refractivity contribution in [1.82, 2.24) is 10.3 Å². The summed E-state index contributed by atoms with van der Waals surface area (Å²) >= 11 is 0. The molecule has 1 rings (SSSR count). The third-order valence-electron chi connectivity index (χ3n) is 2.43. The van der Waals surface area contributed by atoms with E-state index in [1.54, 1.807) is 6.20 Å². The maximum atomic E-state index is 11.5. The zero-order chi connectivity index (χ0) is 15.7. The molecule has 0 radical (unpaired) electrons. The number of carbonyl (C=O) groups excluding carboxylic acids is 1. The first-order valence-electron chi connectivity index (χ1n) is 7.02. The summed E-state index contributed by atoms with van der Waals surface area (Å²) in [4.78, 5) is 19.8. The number of hydrogen-bond acceptors (Lipinski definition) is 4. The third-order valence-corrected chi connectivity index (χ3v) is 2.43. The Kier molecular flexibility index (Phi) is 6.65. The maximum absolute atomic E-state index is 11.5. The van der Waals surface area contributed by atoms with Crippen LogP contribution >= 0.6 is 0 Å². The van der Waals surface area contributed by atoms with Crippen LogP contribution in [0.15, 0.2) is 29.4 Å². The monoisotopic (exact) mass is 292 g/mol. The molecule has 0 saturated heterocycles. The lowest BCUT2D eigenvalue weighted by atomic mass is 10.2. The molecule has 0 aliphatic heterocycles. The van der Waals surface area contributed by atoms with Gasteiger partial charge in [-0.25, -0.2) is 0 Å². The molecular formula is C15H24N4O2. The summed E-state index contributed by atoms with van der Waals surface area (Å²) in [5.74, 6) is 0.0574. The fourth-order valence-electron chi connectivity index (χ4n) is 1.58. The Hall–Kier alpha value is -2.11. The lowest BCUT2D eigenvalue weighted by Crippen LogP contribution is -2.33. The molecule has 0 unspecified atom stereocenters. The van der Waals surface area contributed by atoms with Crippen LogP contribution in [0, 0.1) is 0 Å². The number of guanidine groups is 1. The molecule has 0 spiro atoms. The zero-order valence-corrected chi connectivity index (χ0v) is 12.9. The van der Waals surface area contributed by atoms with E-state index in [0.717, 1.165) is 12.1 Å². The summed E-state index contributed by atoms with van der Waals surface area (Å²) in [6, 6.07) is 5.78. The van der Waals surface area contributed by atoms with Crippen molar-refractivity contribution in [3.05, 3.63) is 30.1 Å². The Labute approximate surface area is 125 Å². The molecule has 6 heteroatoms. The average molecular weight is 292 g/mol. The molecule has 3 N–H and O–H groups in total. The number of carbonyl (C=O) groups is 1. The highest BCUT2D eigenvalue weighted by Gasteiger charge is 2.15. The standard InChI is InChI=1S/C15H24N4O2/c1-15(2,3)21-13(20)8-11-19-14(16)18-10-7-12-6-4-5-9-17-12/h4-6,9H,7-8,10-11H2,1-3H3,(H3,16,18,19). The van der Waals surface area contributed by atoms with E-state index in [1.165, 1.54) is 0 Å². The number of nitrogens with one attached hydrogen (secondary N) is 1. The minimum atomic E-state index is -0.465. The normalized spacial score (nSPS) is 12.0. The molecule has 0 fully saturated rings. The molecular weight excluding hydrogens is 268 g/mol. The molecule has 1 aromatic heterocycles. The predicted molar refractivity (Wildman–Crippen MR) is 82.9 cm³/mol. The highest BCUT2D eigenvalue weighted by molar-refractivity contribution is 5.78. The molecule has 0 atom stereocenters. The van der Waals surface area contributed by atoms with Gasteiger partial charge in [-0.3, -0.25) is 14.8 Å². The van der Waals surface area contributed by atoms with Gasteiger partial charge in [0.15, 0.2) is 5.96 Å². The fourth-order valence-corrected chi connectivity index (χ4v) is 1.58. The number of aliphatic imine (C=N–C) groups is 1. The first-order valence-corrected chi connectivity index (χ1v) is 7.02. The number of esters is 1. The van der Waals surface area contributed by atoms with E-state index in [2.05, 4.69) is 15.3 Å². The van der Waals surface area contributed by atoms with Crippen LogP contribution in [0.1, 0.15) is 32.9 Å². The quantitative estimate of drug-likeness (QED) is 0.468. The Balaban J connectivity index is 2.20. The van der Waals surface area contributed by atoms with Crippen LogP contribution in [0.25, 0.3) is 0 Å². The number of nitrogens with zero attached hydrogens (tertiary/aromatic N) is 2. The van der Waals surface area contributed by atoms with Crippen LogP contribution in [-0.2, 0) is 16.0 Å². The van der Waals surface area contributed by atoms with E-state index in [9.17, 15) is 4.79 Å². The van der Waals surface area contributed by atoms with Gasteiger partial charge in [0.25, 0.3) is 0 Å². The van der Waals surface area contributed by atoms with Crippen molar-refractivity contribution in [2.24, 2.45) is 10.7 Å². The van der Waals surface area contributed by atoms with E-state index in [0.29, 0.717) is 19.0 Å². The van der Waals surface area contributed by atoms with Gasteiger partial charge >= 0.3 is 5.97 Å². The summed E-state index contributed by atoms with van der Waals surface area (Å²) in [5, 5.41) is 2.99. The molecule has 6 nitrogen and oxygen atoms in total. The fraction of sp³-hybridized carbons (Fsp3) is 0.533. The summed E-state index contributed by atoms with van der Waals surface area (Å²) in [6.07, 6.45) is 2.75. The summed E-state index contributed by atoms with van der Waals surface area (Å²) in [6.45, 7) is 6.47. The first kappa shape index (κ1) is 16.9. The van der Waals surface area contributed by atoms with Gasteiger partial charge in [-0.1, -0.05) is 6.07 Å². The summed E-state index contributed by atoms with van der Waals surface area (Å²) in [5.41, 5.74) is 6.24. The van der Waals surface area contributed by atoms with Gasteiger partial charge in [0, 0.05) is 24.9 Å². The van der Waals surface area contributed by atoms with Gasteiger partial charge in [0.05, 0.1) is 13.0 Å². The molecule has 1 heterocycles. The molecule has 0 aliphatic rings. The smallest absolute Gasteiger partial charge is 0.308 e. The lowest BCUT2D eigenvalue weighted by molar-refractivity contribution is -0.154. The second-order valence-electron chi connectivity index (χ2n) is 5.60. The second-order valence-corrected chi connectivity index (χ2v) is 5.60. The highest BCUT2D eigenvalue weighted by Crippen LogP contribution is 2.07. The number of hydrogen-bond donors (Lipinski definition) is 2. The molecule has 0 aromatic carbocycles. The van der Waals surface area contributed by atoms with Crippen LogP contribution in [0.5, 0.6) is 0 Å². The van der Waals surface area contributed by atoms with Gasteiger partial charge < -0.3 is 15.8 Å². The topological polar surface area (TPSA) is 89.6 Å². The number of nitrogens with two attached hydrogens (primary N) is 1. The van der Waals surface area contributed by atoms with Crippen LogP contribution in [0.4, 0.5) is 0 Å². The zero-order valence-electron chi connectivity index (χ0n) is 12.9. The minimum absolute atomic E-state index is 0.222. The van der Waals surface area contributed by atoms with Gasteiger partial charge in [-0.2, -0.15) is 0 Å². The number of pyridine rings is 1. The first-order chi connectivity index (χ1) is 9.87. The minimum Gasteiger partial charge on any atom is -0.460 e. The van der Waals surface area contributed by atoms with Crippen molar-refractivity contribution in [2.45, 2.75) is 39.2 Å². The van der Waals surface area contributed by atoms with Crippen LogP contribution < -0.4 is 11.1 Å². The molecule has 21 heavy (non-hydrogen) atoms. The molecule has 1 aromatic rings. The number of aromatic nitrogens is 1. The molecule has 0 saturated carbocycles. The molecule has 0 amide bonds. The van der Waals surface area contributed by atoms with Crippen molar-refractivity contribution in [3.63, 3.8) is 0 Å². The van der Waals surface area contributed by atoms with Crippen molar-refractivity contribution in [2.75, 3.05) is 13.1 Å². The molecule has 116 valence electrons. The van der Waals surface area contributed by atoms with Gasteiger partial charge in [-0.15, -0.1) is 0 Å². The van der Waals surface area contributed by atoms with Crippen molar-refractivity contribution < 1.29 is 9.53 Å². The van der Waals surface area contributed by atoms with Crippen molar-refractivity contribution >= 4 is 11.9 Å². The maximum Gasteiger partial charge on any atom is 0.308 e. The Morgan fingerprint density at radius 2 is 2.19 bits per heavy atom. The molecule has 0 bridgehead atoms. The largest absolute Gasteiger partial charge is 0.460 e. The number of ether oxygens (including phenoxy) is 1. The SMILES string of the molecule is CC(C)(C)OC(=O)CCN=C(N)NCCc1ccccn1. The van der Waals surface area contributed by atoms with Crippen LogP contribution in [-0.4, -0.2) is 35.6 Å². The second kappa shape index (κ2) is 8.24. The summed E-state index contributed by atoms with van der Waals surface area (Å²) in [7, 11) is 0. The van der Waals surface area contributed by atoms with E-state index in [-0.39, 0.29) is 12.4 Å². The van der Waals surface area contributed by atoms with Crippen LogP contribution in [0.3, 0.4) is 0 Å². The van der Waals surface area contributed by atoms with Gasteiger partial charge in [0.1, 0.15) is 5.60 Å². The van der Waals surface area contributed by atoms with Crippen molar-refractivity contribution in [1.29, 1.82) is 0 Å². The van der Waals surface area contributed by atoms with Gasteiger partial charge in [-0.05, 0) is 32.9 Å². The van der Waals surface area contributed by atoms with E-state index < -0.39 is 5.60 Å². The predicted octanol–water partition coefficient (Wildman–Crippen LogP) is 1.26. The Morgan fingerprint density at radius 3 is 2.81 bits per heavy atom. The van der Waals surface area contributed by atoms with E-state index >= 15 is 0 Å². The van der Waals surface area contributed by atoms with Crippen molar-refractivity contribution in [3.8, 4) is 0 Å².